The molecule has 0 aliphatic carbocycles. The highest BCUT2D eigenvalue weighted by Crippen LogP contribution is 2.30. The van der Waals surface area contributed by atoms with Crippen molar-refractivity contribution in [1.29, 1.82) is 0 Å². The second-order valence-corrected chi connectivity index (χ2v) is 5.47. The molecule has 1 N–H and O–H groups in total. The molecule has 2 aromatic rings. The van der Waals surface area contributed by atoms with E-state index in [9.17, 15) is 14.5 Å². The van der Waals surface area contributed by atoms with Gasteiger partial charge in [-0.2, -0.15) is 4.39 Å². The Morgan fingerprint density at radius 3 is 2.54 bits per heavy atom. The maximum absolute atomic E-state index is 14.6. The van der Waals surface area contributed by atoms with Crippen LogP contribution < -0.4 is 5.32 Å². The van der Waals surface area contributed by atoms with Crippen LogP contribution in [0.1, 0.15) is 5.56 Å². The van der Waals surface area contributed by atoms with Crippen molar-refractivity contribution in [2.24, 2.45) is 4.99 Å². The molecule has 0 aliphatic rings. The van der Waals surface area contributed by atoms with E-state index in [0.29, 0.717) is 11.4 Å². The zero-order chi connectivity index (χ0) is 17.7. The quantitative estimate of drug-likeness (QED) is 0.294. The maximum atomic E-state index is 14.6. The number of rotatable bonds is 5. The average Bonchev–Trinajstić information content (AvgIpc) is 2.53. The first-order chi connectivity index (χ1) is 11.4. The van der Waals surface area contributed by atoms with Crippen molar-refractivity contribution >= 4 is 40.6 Å². The summed E-state index contributed by atoms with van der Waals surface area (Å²) in [6, 6.07) is 11.6. The van der Waals surface area contributed by atoms with E-state index in [1.165, 1.54) is 12.4 Å². The molecule has 0 saturated carbocycles. The molecular formula is C16H15FN4O2S. The van der Waals surface area contributed by atoms with Gasteiger partial charge in [-0.15, -0.1) is 0 Å². The molecule has 0 fully saturated rings. The van der Waals surface area contributed by atoms with Crippen LogP contribution in [0.3, 0.4) is 0 Å². The number of thiocarbonyl (C=S) groups is 1. The van der Waals surface area contributed by atoms with Crippen molar-refractivity contribution in [3.8, 4) is 0 Å². The highest BCUT2D eigenvalue weighted by Gasteiger charge is 2.23. The van der Waals surface area contributed by atoms with Gasteiger partial charge in [0.15, 0.2) is 0 Å². The highest BCUT2D eigenvalue weighted by atomic mass is 32.1. The number of halogens is 1. The minimum absolute atomic E-state index is 0.0802. The summed E-state index contributed by atoms with van der Waals surface area (Å²) in [5, 5.41) is 14.0. The van der Waals surface area contributed by atoms with Gasteiger partial charge in [-0.05, 0) is 18.2 Å². The molecule has 0 aliphatic heterocycles. The lowest BCUT2D eigenvalue weighted by molar-refractivity contribution is -0.387. The number of nitro groups is 1. The van der Waals surface area contributed by atoms with Gasteiger partial charge in [0.1, 0.15) is 4.99 Å². The van der Waals surface area contributed by atoms with E-state index in [-0.39, 0.29) is 10.6 Å². The smallest absolute Gasteiger partial charge is 0.305 e. The van der Waals surface area contributed by atoms with E-state index in [4.69, 9.17) is 12.2 Å². The van der Waals surface area contributed by atoms with E-state index in [0.717, 1.165) is 6.07 Å². The molecule has 2 rings (SSSR count). The van der Waals surface area contributed by atoms with E-state index >= 15 is 0 Å². The molecule has 0 spiro atoms. The van der Waals surface area contributed by atoms with Gasteiger partial charge in [0.25, 0.3) is 0 Å². The average molecular weight is 346 g/mol. The normalized spacial score (nSPS) is 10.6. The molecule has 0 atom stereocenters. The van der Waals surface area contributed by atoms with Crippen molar-refractivity contribution in [3.63, 3.8) is 0 Å². The predicted octanol–water partition coefficient (Wildman–Crippen LogP) is 3.74. The number of nitrogens with one attached hydrogen (secondary N) is 1. The fourth-order valence-corrected chi connectivity index (χ4v) is 2.18. The van der Waals surface area contributed by atoms with Crippen LogP contribution in [-0.2, 0) is 0 Å². The Labute approximate surface area is 143 Å². The molecular weight excluding hydrogens is 331 g/mol. The summed E-state index contributed by atoms with van der Waals surface area (Å²) < 4.78 is 14.6. The third-order valence-corrected chi connectivity index (χ3v) is 3.30. The lowest BCUT2D eigenvalue weighted by Crippen LogP contribution is -2.11. The summed E-state index contributed by atoms with van der Waals surface area (Å²) in [7, 11) is 3.47. The van der Waals surface area contributed by atoms with Crippen LogP contribution in [0.4, 0.5) is 21.5 Å². The summed E-state index contributed by atoms with van der Waals surface area (Å²) in [5.41, 5.74) is 0.253. The number of nitro benzene ring substituents is 1. The Morgan fingerprint density at radius 1 is 1.29 bits per heavy atom. The lowest BCUT2D eigenvalue weighted by atomic mass is 10.1. The van der Waals surface area contributed by atoms with Crippen molar-refractivity contribution in [1.82, 2.24) is 4.90 Å². The van der Waals surface area contributed by atoms with Crippen molar-refractivity contribution in [3.05, 3.63) is 64.0 Å². The van der Waals surface area contributed by atoms with Gasteiger partial charge in [0, 0.05) is 25.8 Å². The van der Waals surface area contributed by atoms with E-state index < -0.39 is 16.4 Å². The van der Waals surface area contributed by atoms with Crippen molar-refractivity contribution < 1.29 is 9.31 Å². The second kappa shape index (κ2) is 7.60. The second-order valence-electron chi connectivity index (χ2n) is 5.08. The number of aliphatic imine (C=N–C) groups is 1. The zero-order valence-corrected chi connectivity index (χ0v) is 13.9. The van der Waals surface area contributed by atoms with Gasteiger partial charge >= 0.3 is 5.69 Å². The lowest BCUT2D eigenvalue weighted by Gasteiger charge is -2.12. The number of hydrogen-bond acceptors (Lipinski definition) is 4. The Kier molecular flexibility index (Phi) is 5.54. The first-order valence-corrected chi connectivity index (χ1v) is 7.35. The molecule has 0 unspecified atom stereocenters. The number of hydrogen-bond donors (Lipinski definition) is 1. The third-order valence-electron chi connectivity index (χ3n) is 2.99. The van der Waals surface area contributed by atoms with Crippen LogP contribution in [0.15, 0.2) is 47.5 Å². The molecule has 0 bridgehead atoms. The summed E-state index contributed by atoms with van der Waals surface area (Å²) >= 11 is 5.15. The highest BCUT2D eigenvalue weighted by molar-refractivity contribution is 7.80. The molecule has 2 aromatic carbocycles. The fraction of sp³-hybridized carbons (Fsp3) is 0.125. The molecule has 6 nitrogen and oxygen atoms in total. The monoisotopic (exact) mass is 346 g/mol. The standard InChI is InChI=1S/C16H15FN4O2S/c1-20(2)10-18-16(24)14-12(19-11-6-4-3-5-7-11)8-9-13(15(14)17)21(22)23/h3-10,19H,1-2H3. The van der Waals surface area contributed by atoms with Crippen LogP contribution in [0.5, 0.6) is 0 Å². The Balaban J connectivity index is 2.51. The van der Waals surface area contributed by atoms with Crippen LogP contribution in [-0.4, -0.2) is 35.2 Å². The Hall–Kier alpha value is -2.87. The van der Waals surface area contributed by atoms with E-state index in [1.807, 2.05) is 18.2 Å². The topological polar surface area (TPSA) is 70.8 Å². The Bertz CT molecular complexity index is 794. The van der Waals surface area contributed by atoms with Crippen LogP contribution >= 0.6 is 12.2 Å². The summed E-state index contributed by atoms with van der Waals surface area (Å²) in [5.74, 6) is -1.01. The number of benzene rings is 2. The predicted molar refractivity (Wildman–Crippen MR) is 96.7 cm³/mol. The first kappa shape index (κ1) is 17.5. The van der Waals surface area contributed by atoms with Gasteiger partial charge in [-0.25, -0.2) is 4.99 Å². The maximum Gasteiger partial charge on any atom is 0.305 e. The minimum atomic E-state index is -1.01. The van der Waals surface area contributed by atoms with Gasteiger partial charge in [0.05, 0.1) is 22.5 Å². The molecule has 24 heavy (non-hydrogen) atoms. The Morgan fingerprint density at radius 2 is 1.96 bits per heavy atom. The van der Waals surface area contributed by atoms with Gasteiger partial charge in [-0.1, -0.05) is 30.4 Å². The van der Waals surface area contributed by atoms with Crippen LogP contribution in [0, 0.1) is 15.9 Å². The third kappa shape index (κ3) is 4.11. The molecule has 8 heteroatoms. The number of para-hydroxylation sites is 1. The molecule has 0 aromatic heterocycles. The molecule has 0 radical (unpaired) electrons. The van der Waals surface area contributed by atoms with Gasteiger partial charge < -0.3 is 10.2 Å². The summed E-state index contributed by atoms with van der Waals surface area (Å²) in [6.45, 7) is 0. The number of nitrogens with zero attached hydrogens (tertiary/aromatic N) is 3. The summed E-state index contributed by atoms with van der Waals surface area (Å²) in [4.78, 5) is 15.7. The van der Waals surface area contributed by atoms with E-state index in [1.54, 1.807) is 31.1 Å². The van der Waals surface area contributed by atoms with Crippen molar-refractivity contribution in [2.75, 3.05) is 19.4 Å². The van der Waals surface area contributed by atoms with Gasteiger partial charge in [0.2, 0.25) is 5.82 Å². The van der Waals surface area contributed by atoms with Crippen molar-refractivity contribution in [2.45, 2.75) is 0 Å². The molecule has 124 valence electrons. The zero-order valence-electron chi connectivity index (χ0n) is 13.1. The SMILES string of the molecule is CN(C)C=NC(=S)c1c(Nc2ccccc2)ccc([N+](=O)[O-])c1F. The largest absolute Gasteiger partial charge is 0.369 e. The minimum Gasteiger partial charge on any atom is -0.369 e. The molecule has 0 saturated heterocycles. The fourth-order valence-electron chi connectivity index (χ4n) is 1.93. The molecule has 0 heterocycles. The van der Waals surface area contributed by atoms with Gasteiger partial charge in [-0.3, -0.25) is 10.1 Å². The van der Waals surface area contributed by atoms with E-state index in [2.05, 4.69) is 10.3 Å². The first-order valence-electron chi connectivity index (χ1n) is 6.94. The van der Waals surface area contributed by atoms with Crippen LogP contribution in [0.25, 0.3) is 0 Å². The number of anilines is 2. The molecule has 0 amide bonds. The van der Waals surface area contributed by atoms with Crippen LogP contribution in [0.2, 0.25) is 0 Å². The summed E-state index contributed by atoms with van der Waals surface area (Å²) in [6.07, 6.45) is 1.41.